The Bertz CT molecular complexity index is 1510. The van der Waals surface area contributed by atoms with Gasteiger partial charge in [0.25, 0.3) is 0 Å². The number of hydrogen-bond acceptors (Lipinski definition) is 2. The van der Waals surface area contributed by atoms with Crippen LogP contribution in [0.3, 0.4) is 0 Å². The van der Waals surface area contributed by atoms with Crippen LogP contribution in [-0.4, -0.2) is 17.7 Å². The van der Waals surface area contributed by atoms with Gasteiger partial charge in [0.15, 0.2) is 0 Å². The number of ether oxygens (including phenoxy) is 1. The van der Waals surface area contributed by atoms with Gasteiger partial charge in [0.2, 0.25) is 0 Å². The molecule has 3 nitrogen and oxygen atoms in total. The lowest BCUT2D eigenvalue weighted by Gasteiger charge is -2.30. The molecule has 1 N–H and O–H groups in total. The Morgan fingerprint density at radius 1 is 0.771 bits per heavy atom. The maximum absolute atomic E-state index is 6.53. The van der Waals surface area contributed by atoms with Gasteiger partial charge in [-0.25, -0.2) is 0 Å². The highest BCUT2D eigenvalue weighted by Crippen LogP contribution is 2.44. The van der Waals surface area contributed by atoms with Crippen LogP contribution in [0.5, 0.6) is 5.75 Å². The van der Waals surface area contributed by atoms with E-state index in [9.17, 15) is 0 Å². The molecular formula is C32H26N2O. The molecule has 2 heterocycles. The highest BCUT2D eigenvalue weighted by Gasteiger charge is 2.30. The number of fused-ring (bicyclic) bond motifs is 2. The Morgan fingerprint density at radius 2 is 1.49 bits per heavy atom. The van der Waals surface area contributed by atoms with Crippen molar-refractivity contribution in [3.8, 4) is 5.75 Å². The van der Waals surface area contributed by atoms with Crippen molar-refractivity contribution in [1.29, 1.82) is 0 Å². The quantitative estimate of drug-likeness (QED) is 0.266. The zero-order chi connectivity index (χ0) is 23.5. The number of rotatable bonds is 6. The van der Waals surface area contributed by atoms with Crippen molar-refractivity contribution in [3.05, 3.63) is 143 Å². The second-order valence-electron chi connectivity index (χ2n) is 8.78. The highest BCUT2D eigenvalue weighted by atomic mass is 16.5. The van der Waals surface area contributed by atoms with Crippen LogP contribution < -0.4 is 4.74 Å². The van der Waals surface area contributed by atoms with E-state index in [2.05, 4.69) is 108 Å². The van der Waals surface area contributed by atoms with Crippen molar-refractivity contribution in [2.24, 2.45) is 4.99 Å². The van der Waals surface area contributed by atoms with E-state index in [1.807, 2.05) is 18.3 Å². The van der Waals surface area contributed by atoms with Gasteiger partial charge in [0, 0.05) is 52.5 Å². The smallest absolute Gasteiger partial charge is 0.140 e. The van der Waals surface area contributed by atoms with E-state index in [4.69, 9.17) is 9.73 Å². The number of benzene rings is 4. The molecule has 1 atom stereocenters. The molecule has 0 radical (unpaired) electrons. The zero-order valence-corrected chi connectivity index (χ0v) is 19.4. The van der Waals surface area contributed by atoms with Crippen LogP contribution in [0.15, 0.2) is 126 Å². The Hall–Kier alpha value is -4.37. The Kier molecular flexibility index (Phi) is 5.73. The van der Waals surface area contributed by atoms with Gasteiger partial charge >= 0.3 is 0 Å². The third kappa shape index (κ3) is 4.17. The van der Waals surface area contributed by atoms with Crippen LogP contribution >= 0.6 is 0 Å². The number of allylic oxidation sites excluding steroid dienone is 1. The number of para-hydroxylation sites is 2. The highest BCUT2D eigenvalue weighted by molar-refractivity contribution is 5.94. The summed E-state index contributed by atoms with van der Waals surface area (Å²) in [6, 6.07) is 37.7. The van der Waals surface area contributed by atoms with Crippen LogP contribution in [0.25, 0.3) is 16.7 Å². The minimum absolute atomic E-state index is 0.0493. The van der Waals surface area contributed by atoms with Crippen LogP contribution in [-0.2, 0) is 6.42 Å². The van der Waals surface area contributed by atoms with Crippen molar-refractivity contribution in [3.63, 3.8) is 0 Å². The van der Waals surface area contributed by atoms with E-state index < -0.39 is 0 Å². The third-order valence-corrected chi connectivity index (χ3v) is 6.60. The molecule has 0 saturated carbocycles. The molecule has 4 aromatic carbocycles. The van der Waals surface area contributed by atoms with Gasteiger partial charge in [-0.1, -0.05) is 97.1 Å². The van der Waals surface area contributed by atoms with Gasteiger partial charge in [-0.3, -0.25) is 4.99 Å². The molecule has 6 rings (SSSR count). The molecule has 0 aliphatic carbocycles. The molecule has 5 aromatic rings. The summed E-state index contributed by atoms with van der Waals surface area (Å²) in [5.41, 5.74) is 6.99. The lowest BCUT2D eigenvalue weighted by atomic mass is 9.81. The maximum atomic E-state index is 6.53. The summed E-state index contributed by atoms with van der Waals surface area (Å²) in [6.07, 6.45) is 5.01. The lowest BCUT2D eigenvalue weighted by molar-refractivity contribution is 0.489. The van der Waals surface area contributed by atoms with E-state index in [-0.39, 0.29) is 5.92 Å². The van der Waals surface area contributed by atoms with Crippen LogP contribution in [0, 0.1) is 0 Å². The number of H-pyrrole nitrogens is 1. The third-order valence-electron chi connectivity index (χ3n) is 6.60. The summed E-state index contributed by atoms with van der Waals surface area (Å²) in [7, 11) is 0. The van der Waals surface area contributed by atoms with Gasteiger partial charge in [0.05, 0.1) is 0 Å². The predicted molar refractivity (Wildman–Crippen MR) is 144 cm³/mol. The van der Waals surface area contributed by atoms with Crippen molar-refractivity contribution in [2.45, 2.75) is 12.3 Å². The first-order valence-corrected chi connectivity index (χ1v) is 12.0. The first-order valence-electron chi connectivity index (χ1n) is 12.0. The van der Waals surface area contributed by atoms with Crippen molar-refractivity contribution >= 4 is 22.9 Å². The summed E-state index contributed by atoms with van der Waals surface area (Å²) in [4.78, 5) is 8.29. The first kappa shape index (κ1) is 21.2. The average Bonchev–Trinajstić information content (AvgIpc) is 3.34. The monoisotopic (exact) mass is 454 g/mol. The molecule has 170 valence electrons. The molecule has 1 unspecified atom stereocenters. The normalized spacial score (nSPS) is 15.4. The van der Waals surface area contributed by atoms with Crippen molar-refractivity contribution < 1.29 is 4.74 Å². The number of hydrogen-bond donors (Lipinski definition) is 1. The second-order valence-corrected chi connectivity index (χ2v) is 8.78. The molecule has 0 fully saturated rings. The molecule has 0 bridgehead atoms. The number of nitrogens with one attached hydrogen (secondary N) is 1. The number of aliphatic imine (C=N–C) groups is 1. The molecule has 3 heteroatoms. The van der Waals surface area contributed by atoms with E-state index in [0.717, 1.165) is 34.6 Å². The van der Waals surface area contributed by atoms with Gasteiger partial charge in [0.1, 0.15) is 11.5 Å². The van der Waals surface area contributed by atoms with E-state index in [0.29, 0.717) is 6.54 Å². The molecule has 1 aromatic heterocycles. The summed E-state index contributed by atoms with van der Waals surface area (Å²) >= 11 is 0. The molecular weight excluding hydrogens is 428 g/mol. The molecule has 1 aliphatic rings. The van der Waals surface area contributed by atoms with Crippen molar-refractivity contribution in [1.82, 2.24) is 4.98 Å². The van der Waals surface area contributed by atoms with Crippen LogP contribution in [0.2, 0.25) is 0 Å². The van der Waals surface area contributed by atoms with E-state index >= 15 is 0 Å². The summed E-state index contributed by atoms with van der Waals surface area (Å²) in [5.74, 6) is 1.82. The summed E-state index contributed by atoms with van der Waals surface area (Å²) < 4.78 is 6.53. The number of nitrogens with zero attached hydrogens (tertiary/aromatic N) is 1. The fraction of sp³-hybridized carbons (Fsp3) is 0.0938. The van der Waals surface area contributed by atoms with Gasteiger partial charge < -0.3 is 9.72 Å². The van der Waals surface area contributed by atoms with E-state index in [1.165, 1.54) is 22.0 Å². The largest absolute Gasteiger partial charge is 0.456 e. The fourth-order valence-corrected chi connectivity index (χ4v) is 4.92. The fourth-order valence-electron chi connectivity index (χ4n) is 4.92. The minimum Gasteiger partial charge on any atom is -0.456 e. The Morgan fingerprint density at radius 3 is 2.34 bits per heavy atom. The predicted octanol–water partition coefficient (Wildman–Crippen LogP) is 7.42. The number of aromatic amines is 1. The SMILES string of the molecule is C(=NCCc1c[nH]c2ccccc12)C1=C(c2ccccc2)Oc2ccccc2C1c1ccccc1. The zero-order valence-electron chi connectivity index (χ0n) is 19.4. The van der Waals surface area contributed by atoms with Crippen LogP contribution in [0.4, 0.5) is 0 Å². The molecule has 1 aliphatic heterocycles. The van der Waals surface area contributed by atoms with Crippen LogP contribution in [0.1, 0.15) is 28.2 Å². The van der Waals surface area contributed by atoms with Gasteiger partial charge in [-0.15, -0.1) is 0 Å². The second kappa shape index (κ2) is 9.47. The number of aromatic nitrogens is 1. The molecule has 0 saturated heterocycles. The molecule has 0 amide bonds. The lowest BCUT2D eigenvalue weighted by Crippen LogP contribution is -2.17. The van der Waals surface area contributed by atoms with Gasteiger partial charge in [-0.05, 0) is 29.7 Å². The first-order chi connectivity index (χ1) is 17.4. The van der Waals surface area contributed by atoms with Crippen molar-refractivity contribution in [2.75, 3.05) is 6.54 Å². The molecule has 35 heavy (non-hydrogen) atoms. The minimum atomic E-state index is 0.0493. The molecule has 0 spiro atoms. The standard InChI is InChI=1S/C32H26N2O/c1-3-11-23(12-4-1)31-27-16-8-10-18-30(27)35-32(24-13-5-2-6-14-24)28(31)22-33-20-19-25-21-34-29-17-9-7-15-26(25)29/h1-18,21-22,31,34H,19-20H2. The Labute approximate surface area is 205 Å². The summed E-state index contributed by atoms with van der Waals surface area (Å²) in [5, 5.41) is 1.27. The Balaban J connectivity index is 1.40. The average molecular weight is 455 g/mol. The van der Waals surface area contributed by atoms with Gasteiger partial charge in [-0.2, -0.15) is 0 Å². The van der Waals surface area contributed by atoms with E-state index in [1.54, 1.807) is 0 Å². The maximum Gasteiger partial charge on any atom is 0.140 e. The summed E-state index contributed by atoms with van der Waals surface area (Å²) in [6.45, 7) is 0.705. The topological polar surface area (TPSA) is 37.4 Å².